The molecular weight excluding hydrogens is 285 g/mol. The van der Waals surface area contributed by atoms with Crippen molar-refractivity contribution in [2.75, 3.05) is 0 Å². The van der Waals surface area contributed by atoms with Crippen molar-refractivity contribution in [3.05, 3.63) is 53.4 Å². The standard InChI is InChI=1S/C19H23F3/c1-2-3-4-5-14-6-8-15(9-7-14)16-10-12-17(13-11-16)18(20)19(21)22/h4-9,16-17H,2-3,10-13H2,1H3/b5-4+. The van der Waals surface area contributed by atoms with Gasteiger partial charge in [-0.05, 0) is 49.1 Å². The first-order chi connectivity index (χ1) is 10.6. The number of hydrogen-bond donors (Lipinski definition) is 0. The second-order valence-corrected chi connectivity index (χ2v) is 6.01. The number of unbranched alkanes of at least 4 members (excludes halogenated alkanes) is 1. The highest BCUT2D eigenvalue weighted by atomic mass is 19.3. The Labute approximate surface area is 130 Å². The monoisotopic (exact) mass is 308 g/mol. The number of halogens is 3. The predicted octanol–water partition coefficient (Wildman–Crippen LogP) is 6.85. The highest BCUT2D eigenvalue weighted by Gasteiger charge is 2.27. The third-order valence-corrected chi connectivity index (χ3v) is 4.44. The molecule has 1 saturated carbocycles. The Bertz CT molecular complexity index is 516. The molecule has 0 radical (unpaired) electrons. The fourth-order valence-electron chi connectivity index (χ4n) is 3.10. The van der Waals surface area contributed by atoms with E-state index in [1.165, 1.54) is 11.1 Å². The SMILES string of the molecule is CCC/C=C/c1ccc(C2CCC(C(F)=C(F)F)CC2)cc1. The van der Waals surface area contributed by atoms with Gasteiger partial charge in [0.15, 0.2) is 5.83 Å². The average molecular weight is 308 g/mol. The summed E-state index contributed by atoms with van der Waals surface area (Å²) in [4.78, 5) is 0. The van der Waals surface area contributed by atoms with Gasteiger partial charge in [-0.2, -0.15) is 8.78 Å². The van der Waals surface area contributed by atoms with Crippen LogP contribution in [-0.2, 0) is 0 Å². The molecule has 1 aliphatic carbocycles. The van der Waals surface area contributed by atoms with Crippen molar-refractivity contribution in [1.29, 1.82) is 0 Å². The number of rotatable bonds is 5. The second-order valence-electron chi connectivity index (χ2n) is 6.01. The second kappa shape index (κ2) is 8.21. The van der Waals surface area contributed by atoms with Gasteiger partial charge in [-0.25, -0.2) is 4.39 Å². The lowest BCUT2D eigenvalue weighted by Gasteiger charge is -2.27. The zero-order valence-corrected chi connectivity index (χ0v) is 13.0. The van der Waals surface area contributed by atoms with Crippen molar-refractivity contribution in [2.24, 2.45) is 5.92 Å². The maximum absolute atomic E-state index is 13.3. The maximum atomic E-state index is 13.3. The average Bonchev–Trinajstić information content (AvgIpc) is 2.55. The molecular formula is C19H23F3. The zero-order valence-electron chi connectivity index (χ0n) is 13.0. The molecule has 1 fully saturated rings. The van der Waals surface area contributed by atoms with Crippen LogP contribution in [0.4, 0.5) is 13.2 Å². The first-order valence-electron chi connectivity index (χ1n) is 8.09. The zero-order chi connectivity index (χ0) is 15.9. The van der Waals surface area contributed by atoms with E-state index >= 15 is 0 Å². The Balaban J connectivity index is 1.93. The number of hydrogen-bond acceptors (Lipinski definition) is 0. The topological polar surface area (TPSA) is 0 Å². The molecule has 1 aromatic carbocycles. The molecule has 0 atom stereocenters. The number of benzene rings is 1. The molecule has 0 heterocycles. The van der Waals surface area contributed by atoms with Crippen molar-refractivity contribution in [2.45, 2.75) is 51.4 Å². The molecule has 0 unspecified atom stereocenters. The quantitative estimate of drug-likeness (QED) is 0.558. The third kappa shape index (κ3) is 4.49. The molecule has 1 aromatic rings. The van der Waals surface area contributed by atoms with Crippen molar-refractivity contribution in [3.63, 3.8) is 0 Å². The van der Waals surface area contributed by atoms with E-state index in [2.05, 4.69) is 43.3 Å². The van der Waals surface area contributed by atoms with E-state index in [4.69, 9.17) is 0 Å². The summed E-state index contributed by atoms with van der Waals surface area (Å²) in [5.74, 6) is -1.42. The minimum Gasteiger partial charge on any atom is -0.206 e. The van der Waals surface area contributed by atoms with E-state index in [0.717, 1.165) is 25.7 Å². The maximum Gasteiger partial charge on any atom is 0.301 e. The van der Waals surface area contributed by atoms with Gasteiger partial charge < -0.3 is 0 Å². The van der Waals surface area contributed by atoms with Crippen molar-refractivity contribution < 1.29 is 13.2 Å². The summed E-state index contributed by atoms with van der Waals surface area (Å²) in [5.41, 5.74) is 2.41. The van der Waals surface area contributed by atoms with Crippen LogP contribution >= 0.6 is 0 Å². The summed E-state index contributed by atoms with van der Waals surface area (Å²) in [6.45, 7) is 2.15. The van der Waals surface area contributed by atoms with Crippen LogP contribution in [0, 0.1) is 5.92 Å². The van der Waals surface area contributed by atoms with Gasteiger partial charge in [0.2, 0.25) is 0 Å². The minimum absolute atomic E-state index is 0.361. The Morgan fingerprint density at radius 2 is 1.68 bits per heavy atom. The Morgan fingerprint density at radius 1 is 1.05 bits per heavy atom. The predicted molar refractivity (Wildman–Crippen MR) is 85.4 cm³/mol. The highest BCUT2D eigenvalue weighted by Crippen LogP contribution is 2.40. The van der Waals surface area contributed by atoms with Gasteiger partial charge in [-0.1, -0.05) is 49.8 Å². The molecule has 0 bridgehead atoms. The van der Waals surface area contributed by atoms with E-state index < -0.39 is 17.8 Å². The molecule has 0 amide bonds. The van der Waals surface area contributed by atoms with Gasteiger partial charge >= 0.3 is 6.08 Å². The van der Waals surface area contributed by atoms with E-state index in [-0.39, 0.29) is 0 Å². The van der Waals surface area contributed by atoms with Gasteiger partial charge in [-0.3, -0.25) is 0 Å². The third-order valence-electron chi connectivity index (χ3n) is 4.44. The molecule has 0 aromatic heterocycles. The molecule has 0 nitrogen and oxygen atoms in total. The summed E-state index contributed by atoms with van der Waals surface area (Å²) < 4.78 is 37.9. The molecule has 0 spiro atoms. The van der Waals surface area contributed by atoms with Crippen molar-refractivity contribution >= 4 is 6.08 Å². The Morgan fingerprint density at radius 3 is 2.23 bits per heavy atom. The van der Waals surface area contributed by atoms with E-state index in [1.807, 2.05) is 0 Å². The lowest BCUT2D eigenvalue weighted by atomic mass is 9.78. The Hall–Kier alpha value is -1.51. The molecule has 2 rings (SSSR count). The Kier molecular flexibility index (Phi) is 6.29. The van der Waals surface area contributed by atoms with Gasteiger partial charge in [0, 0.05) is 5.92 Å². The smallest absolute Gasteiger partial charge is 0.206 e. The first-order valence-corrected chi connectivity index (χ1v) is 8.09. The summed E-state index contributed by atoms with van der Waals surface area (Å²) in [6.07, 6.45) is 6.92. The lowest BCUT2D eigenvalue weighted by Crippen LogP contribution is -2.14. The van der Waals surface area contributed by atoms with Crippen LogP contribution in [0.15, 0.2) is 42.2 Å². The van der Waals surface area contributed by atoms with Gasteiger partial charge in [0.05, 0.1) is 0 Å². The van der Waals surface area contributed by atoms with Gasteiger partial charge in [0.1, 0.15) is 0 Å². The summed E-state index contributed by atoms with van der Waals surface area (Å²) in [7, 11) is 0. The summed E-state index contributed by atoms with van der Waals surface area (Å²) in [5, 5.41) is 0. The van der Waals surface area contributed by atoms with Crippen LogP contribution in [0.25, 0.3) is 6.08 Å². The first kappa shape index (κ1) is 16.9. The van der Waals surface area contributed by atoms with Crippen LogP contribution in [0.1, 0.15) is 62.5 Å². The summed E-state index contributed by atoms with van der Waals surface area (Å²) >= 11 is 0. The molecule has 22 heavy (non-hydrogen) atoms. The molecule has 120 valence electrons. The molecule has 1 aliphatic rings. The highest BCUT2D eigenvalue weighted by molar-refractivity contribution is 5.49. The minimum atomic E-state index is -2.15. The molecule has 0 aliphatic heterocycles. The fourth-order valence-corrected chi connectivity index (χ4v) is 3.10. The van der Waals surface area contributed by atoms with Gasteiger partial charge in [-0.15, -0.1) is 0 Å². The lowest BCUT2D eigenvalue weighted by molar-refractivity contribution is 0.281. The van der Waals surface area contributed by atoms with Crippen LogP contribution in [0.2, 0.25) is 0 Å². The molecule has 0 saturated heterocycles. The fraction of sp³-hybridized carbons (Fsp3) is 0.474. The van der Waals surface area contributed by atoms with Crippen LogP contribution in [0.3, 0.4) is 0 Å². The van der Waals surface area contributed by atoms with E-state index in [0.29, 0.717) is 18.8 Å². The molecule has 0 N–H and O–H groups in total. The normalized spacial score (nSPS) is 22.0. The van der Waals surface area contributed by atoms with Crippen LogP contribution < -0.4 is 0 Å². The van der Waals surface area contributed by atoms with Crippen molar-refractivity contribution in [3.8, 4) is 0 Å². The molecule has 3 heteroatoms. The summed E-state index contributed by atoms with van der Waals surface area (Å²) in [6, 6.07) is 8.40. The van der Waals surface area contributed by atoms with E-state index in [1.54, 1.807) is 0 Å². The van der Waals surface area contributed by atoms with Crippen LogP contribution in [-0.4, -0.2) is 0 Å². The van der Waals surface area contributed by atoms with E-state index in [9.17, 15) is 13.2 Å². The largest absolute Gasteiger partial charge is 0.301 e. The van der Waals surface area contributed by atoms with Gasteiger partial charge in [0.25, 0.3) is 0 Å². The van der Waals surface area contributed by atoms with Crippen LogP contribution in [0.5, 0.6) is 0 Å². The number of allylic oxidation sites excluding steroid dienone is 2. The van der Waals surface area contributed by atoms with Crippen molar-refractivity contribution in [1.82, 2.24) is 0 Å².